The van der Waals surface area contributed by atoms with E-state index < -0.39 is 17.5 Å². The minimum absolute atomic E-state index is 0.0191. The van der Waals surface area contributed by atoms with Crippen molar-refractivity contribution in [2.24, 2.45) is 0 Å². The van der Waals surface area contributed by atoms with E-state index >= 15 is 0 Å². The fraction of sp³-hybridized carbons (Fsp3) is 0.138. The van der Waals surface area contributed by atoms with Crippen LogP contribution in [0.25, 0.3) is 0 Å². The van der Waals surface area contributed by atoms with E-state index in [0.29, 0.717) is 23.6 Å². The Morgan fingerprint density at radius 3 is 2.66 bits per heavy atom. The molecule has 2 amide bonds. The number of ether oxygens (including phenoxy) is 1. The maximum Gasteiger partial charge on any atom is 0.255 e. The molecule has 1 aliphatic heterocycles. The average molecular weight is 515 g/mol. The summed E-state index contributed by atoms with van der Waals surface area (Å²) >= 11 is 0. The van der Waals surface area contributed by atoms with Gasteiger partial charge in [-0.1, -0.05) is 36.4 Å². The molecule has 2 heterocycles. The molecule has 0 unspecified atom stereocenters. The van der Waals surface area contributed by atoms with Gasteiger partial charge in [-0.15, -0.1) is 0 Å². The molecule has 5 rings (SSSR count). The standard InChI is InChI=1S/C29H24F2N4O3/c30-23-10-8-18(13-24(23)31)16-33-29(37)22-7-4-12-32-28(22)35-26(19-5-2-1-3-6-19)17-38-21-9-11-25-20(14-21)15-27(36)34-25/h1-14,26H,15-17H2,(H,32,35)(H,33,37)(H,34,36)/t26-/m0/s1. The van der Waals surface area contributed by atoms with Crippen LogP contribution < -0.4 is 20.7 Å². The van der Waals surface area contributed by atoms with Crippen LogP contribution in [0.5, 0.6) is 5.75 Å². The second-order valence-corrected chi connectivity index (χ2v) is 8.79. The van der Waals surface area contributed by atoms with Crippen molar-refractivity contribution < 1.29 is 23.1 Å². The monoisotopic (exact) mass is 514 g/mol. The van der Waals surface area contributed by atoms with E-state index in [-0.39, 0.29) is 30.7 Å². The fourth-order valence-corrected chi connectivity index (χ4v) is 4.18. The number of amides is 2. The predicted molar refractivity (Wildman–Crippen MR) is 139 cm³/mol. The van der Waals surface area contributed by atoms with Gasteiger partial charge in [-0.2, -0.15) is 0 Å². The summed E-state index contributed by atoms with van der Waals surface area (Å²) in [6.45, 7) is 0.238. The molecule has 0 saturated heterocycles. The first-order chi connectivity index (χ1) is 18.5. The van der Waals surface area contributed by atoms with Crippen LogP contribution in [0.15, 0.2) is 85.1 Å². The highest BCUT2D eigenvalue weighted by atomic mass is 19.2. The van der Waals surface area contributed by atoms with Crippen molar-refractivity contribution in [3.8, 4) is 5.75 Å². The second-order valence-electron chi connectivity index (χ2n) is 8.79. The van der Waals surface area contributed by atoms with Crippen LogP contribution in [0.4, 0.5) is 20.3 Å². The molecule has 3 aromatic carbocycles. The Balaban J connectivity index is 1.32. The number of hydrogen-bond donors (Lipinski definition) is 3. The van der Waals surface area contributed by atoms with Crippen molar-refractivity contribution in [2.75, 3.05) is 17.2 Å². The van der Waals surface area contributed by atoms with Gasteiger partial charge in [-0.05, 0) is 59.2 Å². The first kappa shape index (κ1) is 24.9. The second kappa shape index (κ2) is 11.1. The summed E-state index contributed by atoms with van der Waals surface area (Å²) < 4.78 is 32.8. The van der Waals surface area contributed by atoms with Crippen molar-refractivity contribution in [2.45, 2.75) is 19.0 Å². The van der Waals surface area contributed by atoms with Crippen LogP contribution in [-0.2, 0) is 17.8 Å². The lowest BCUT2D eigenvalue weighted by molar-refractivity contribution is -0.115. The van der Waals surface area contributed by atoms with Crippen LogP contribution >= 0.6 is 0 Å². The van der Waals surface area contributed by atoms with E-state index in [0.717, 1.165) is 28.9 Å². The van der Waals surface area contributed by atoms with Gasteiger partial charge in [0.05, 0.1) is 18.0 Å². The zero-order valence-corrected chi connectivity index (χ0v) is 20.2. The molecule has 0 saturated carbocycles. The largest absolute Gasteiger partial charge is 0.491 e. The lowest BCUT2D eigenvalue weighted by Crippen LogP contribution is -2.26. The molecule has 38 heavy (non-hydrogen) atoms. The van der Waals surface area contributed by atoms with Gasteiger partial charge >= 0.3 is 0 Å². The number of nitrogens with zero attached hydrogens (tertiary/aromatic N) is 1. The molecule has 0 bridgehead atoms. The number of anilines is 2. The third kappa shape index (κ3) is 5.78. The maximum absolute atomic E-state index is 13.5. The fourth-order valence-electron chi connectivity index (χ4n) is 4.18. The number of carbonyl (C=O) groups excluding carboxylic acids is 2. The van der Waals surface area contributed by atoms with Crippen LogP contribution in [0.2, 0.25) is 0 Å². The molecular formula is C29H24F2N4O3. The van der Waals surface area contributed by atoms with Gasteiger partial charge in [0, 0.05) is 18.4 Å². The number of nitrogens with one attached hydrogen (secondary N) is 3. The minimum Gasteiger partial charge on any atom is -0.491 e. The van der Waals surface area contributed by atoms with E-state index in [4.69, 9.17) is 4.74 Å². The maximum atomic E-state index is 13.5. The van der Waals surface area contributed by atoms with E-state index in [1.54, 1.807) is 24.4 Å². The van der Waals surface area contributed by atoms with Crippen molar-refractivity contribution in [1.29, 1.82) is 0 Å². The Hall–Kier alpha value is -4.79. The molecule has 0 fully saturated rings. The first-order valence-corrected chi connectivity index (χ1v) is 12.0. The SMILES string of the molecule is O=C1Cc2cc(OC[C@H](Nc3ncccc3C(=O)NCc3ccc(F)c(F)c3)c3ccccc3)ccc2N1. The van der Waals surface area contributed by atoms with Crippen molar-refractivity contribution in [3.63, 3.8) is 0 Å². The van der Waals surface area contributed by atoms with Crippen LogP contribution in [0, 0.1) is 11.6 Å². The molecule has 1 aromatic heterocycles. The highest BCUT2D eigenvalue weighted by Gasteiger charge is 2.20. The average Bonchev–Trinajstić information content (AvgIpc) is 3.31. The van der Waals surface area contributed by atoms with Crippen molar-refractivity contribution >= 4 is 23.3 Å². The van der Waals surface area contributed by atoms with Crippen LogP contribution in [0.3, 0.4) is 0 Å². The summed E-state index contributed by atoms with van der Waals surface area (Å²) in [7, 11) is 0. The van der Waals surface area contributed by atoms with Gasteiger partial charge in [0.2, 0.25) is 5.91 Å². The zero-order valence-electron chi connectivity index (χ0n) is 20.2. The Morgan fingerprint density at radius 2 is 1.84 bits per heavy atom. The number of pyridine rings is 1. The van der Waals surface area contributed by atoms with E-state index in [9.17, 15) is 18.4 Å². The van der Waals surface area contributed by atoms with Crippen LogP contribution in [0.1, 0.15) is 33.1 Å². The summed E-state index contributed by atoms with van der Waals surface area (Å²) in [5.41, 5.74) is 3.30. The number of fused-ring (bicyclic) bond motifs is 1. The Labute approximate surface area is 217 Å². The molecular weight excluding hydrogens is 490 g/mol. The molecule has 1 atom stereocenters. The summed E-state index contributed by atoms with van der Waals surface area (Å²) in [6, 6.07) is 21.4. The quantitative estimate of drug-likeness (QED) is 0.292. The number of hydrogen-bond acceptors (Lipinski definition) is 5. The highest BCUT2D eigenvalue weighted by molar-refractivity contribution is 5.99. The number of halogens is 2. The third-order valence-electron chi connectivity index (χ3n) is 6.12. The summed E-state index contributed by atoms with van der Waals surface area (Å²) in [4.78, 5) is 29.0. The van der Waals surface area contributed by atoms with Gasteiger partial charge in [0.25, 0.3) is 5.91 Å². The van der Waals surface area contributed by atoms with Gasteiger partial charge in [0.1, 0.15) is 18.2 Å². The van der Waals surface area contributed by atoms with Gasteiger partial charge < -0.3 is 20.7 Å². The third-order valence-corrected chi connectivity index (χ3v) is 6.12. The molecule has 4 aromatic rings. The smallest absolute Gasteiger partial charge is 0.255 e. The van der Waals surface area contributed by atoms with Gasteiger partial charge in [0.15, 0.2) is 11.6 Å². The molecule has 0 spiro atoms. The molecule has 0 radical (unpaired) electrons. The molecule has 9 heteroatoms. The van der Waals surface area contributed by atoms with E-state index in [1.807, 2.05) is 42.5 Å². The van der Waals surface area contributed by atoms with E-state index in [2.05, 4.69) is 20.9 Å². The lowest BCUT2D eigenvalue weighted by Gasteiger charge is -2.22. The number of aromatic nitrogens is 1. The first-order valence-electron chi connectivity index (χ1n) is 12.0. The van der Waals surface area contributed by atoms with Crippen LogP contribution in [-0.4, -0.2) is 23.4 Å². The minimum atomic E-state index is -0.975. The van der Waals surface area contributed by atoms with Gasteiger partial charge in [-0.3, -0.25) is 9.59 Å². The Bertz CT molecular complexity index is 1480. The number of benzene rings is 3. The van der Waals surface area contributed by atoms with Crippen molar-refractivity contribution in [3.05, 3.63) is 119 Å². The molecule has 3 N–H and O–H groups in total. The Kier molecular flexibility index (Phi) is 7.26. The Morgan fingerprint density at radius 1 is 1.00 bits per heavy atom. The summed E-state index contributed by atoms with van der Waals surface area (Å²) in [5.74, 6) is -1.43. The highest BCUT2D eigenvalue weighted by Crippen LogP contribution is 2.28. The summed E-state index contributed by atoms with van der Waals surface area (Å²) in [6.07, 6.45) is 1.88. The zero-order chi connectivity index (χ0) is 26.5. The molecule has 192 valence electrons. The van der Waals surface area contributed by atoms with Gasteiger partial charge in [-0.25, -0.2) is 13.8 Å². The van der Waals surface area contributed by atoms with E-state index in [1.165, 1.54) is 6.07 Å². The predicted octanol–water partition coefficient (Wildman–Crippen LogP) is 5.02. The lowest BCUT2D eigenvalue weighted by atomic mass is 10.1. The topological polar surface area (TPSA) is 92.3 Å². The van der Waals surface area contributed by atoms with Crippen molar-refractivity contribution in [1.82, 2.24) is 10.3 Å². The molecule has 7 nitrogen and oxygen atoms in total. The normalized spacial score (nSPS) is 12.8. The molecule has 0 aliphatic carbocycles. The summed E-state index contributed by atoms with van der Waals surface area (Å²) in [5, 5.41) is 8.85. The number of rotatable bonds is 9. The molecule has 1 aliphatic rings. The number of carbonyl (C=O) groups is 2.